The van der Waals surface area contributed by atoms with Crippen LogP contribution in [-0.4, -0.2) is 4.98 Å². The van der Waals surface area contributed by atoms with Gasteiger partial charge in [0.2, 0.25) is 0 Å². The minimum absolute atomic E-state index is 0. The summed E-state index contributed by atoms with van der Waals surface area (Å²) in [7, 11) is 0. The minimum atomic E-state index is -0.507. The first kappa shape index (κ1) is 11.8. The Labute approximate surface area is 100 Å². The molecule has 0 aliphatic rings. The van der Waals surface area contributed by atoms with E-state index in [1.54, 1.807) is 0 Å². The molecule has 0 fully saturated rings. The molecule has 0 saturated heterocycles. The van der Waals surface area contributed by atoms with Gasteiger partial charge in [0.1, 0.15) is 5.43 Å². The summed E-state index contributed by atoms with van der Waals surface area (Å²) in [5, 5.41) is -0.143. The molecule has 0 radical (unpaired) electrons. The molecule has 1 aromatic rings. The van der Waals surface area contributed by atoms with Gasteiger partial charge >= 0.3 is 29.6 Å². The third-order valence-corrected chi connectivity index (χ3v) is 1.88. The van der Waals surface area contributed by atoms with Crippen molar-refractivity contribution in [3.05, 3.63) is 31.6 Å². The summed E-state index contributed by atoms with van der Waals surface area (Å²) in [5.74, 6) is 0. The van der Waals surface area contributed by atoms with E-state index in [4.69, 9.17) is 34.8 Å². The molecule has 1 N–H and O–H groups in total. The molecule has 0 bridgehead atoms. The Bertz CT molecular complexity index is 311. The van der Waals surface area contributed by atoms with Crippen LogP contribution in [0.1, 0.15) is 0 Å². The van der Waals surface area contributed by atoms with Gasteiger partial charge in [0.15, 0.2) is 0 Å². The summed E-state index contributed by atoms with van der Waals surface area (Å²) in [6.07, 6.45) is 2.32. The van der Waals surface area contributed by atoms with Crippen molar-refractivity contribution in [1.82, 2.24) is 4.98 Å². The summed E-state index contributed by atoms with van der Waals surface area (Å²) in [4.78, 5) is 13.2. The van der Waals surface area contributed by atoms with Gasteiger partial charge in [0, 0.05) is 10.2 Å². The van der Waals surface area contributed by atoms with E-state index in [9.17, 15) is 4.79 Å². The molecule has 0 unspecified atom stereocenters. The standard InChI is InChI=1S/C5HCl3NO.Na/c6-2-1-9-5(8)3(7)4(2)10;/h(H,9,10);/q-1;+1. The van der Waals surface area contributed by atoms with Crippen LogP contribution in [0.2, 0.25) is 15.2 Å². The number of halogens is 3. The van der Waals surface area contributed by atoms with Crippen LogP contribution in [0.4, 0.5) is 0 Å². The van der Waals surface area contributed by atoms with Crippen LogP contribution < -0.4 is 35.0 Å². The summed E-state index contributed by atoms with van der Waals surface area (Å²) in [5.41, 5.74) is -0.507. The molecular weight excluding hydrogens is 219 g/mol. The summed E-state index contributed by atoms with van der Waals surface area (Å²) >= 11 is 16.2. The zero-order valence-corrected chi connectivity index (χ0v) is 9.81. The van der Waals surface area contributed by atoms with Gasteiger partial charge in [0.25, 0.3) is 0 Å². The molecule has 2 nitrogen and oxygen atoms in total. The van der Waals surface area contributed by atoms with Crippen molar-refractivity contribution in [2.75, 3.05) is 0 Å². The third-order valence-electron chi connectivity index (χ3n) is 0.873. The Morgan fingerprint density at radius 2 is 1.82 bits per heavy atom. The smallest absolute Gasteiger partial charge is 0.457 e. The van der Waals surface area contributed by atoms with E-state index in [2.05, 4.69) is 11.2 Å². The third kappa shape index (κ3) is 2.65. The maximum absolute atomic E-state index is 10.8. The molecule has 1 rings (SSSR count). The van der Waals surface area contributed by atoms with Gasteiger partial charge in [-0.1, -0.05) is 6.20 Å². The van der Waals surface area contributed by atoms with Crippen molar-refractivity contribution in [3.8, 4) is 0 Å². The monoisotopic (exact) mass is 219 g/mol. The number of aromatic nitrogens is 1. The number of H-pyrrole nitrogens is 1. The molecule has 0 aliphatic carbocycles. The average Bonchev–Trinajstić information content (AvgIpc) is 1.93. The SMILES string of the molecule is O=c1c(Cl)[c-][nH]c(Cl)c1Cl.[Na+]. The van der Waals surface area contributed by atoms with Gasteiger partial charge in [-0.15, -0.1) is 34.8 Å². The molecule has 0 saturated carbocycles. The van der Waals surface area contributed by atoms with Gasteiger partial charge in [-0.3, -0.25) is 0 Å². The van der Waals surface area contributed by atoms with Crippen LogP contribution in [0.25, 0.3) is 0 Å². The van der Waals surface area contributed by atoms with Crippen LogP contribution in [0, 0.1) is 6.20 Å². The molecule has 6 heteroatoms. The number of nitrogens with one attached hydrogen (secondary N) is 1. The van der Waals surface area contributed by atoms with Gasteiger partial charge < -0.3 is 9.78 Å². The fourth-order valence-electron chi connectivity index (χ4n) is 0.417. The first-order chi connectivity index (χ1) is 4.63. The van der Waals surface area contributed by atoms with Crippen molar-refractivity contribution in [2.45, 2.75) is 0 Å². The summed E-state index contributed by atoms with van der Waals surface area (Å²) in [6, 6.07) is 0. The van der Waals surface area contributed by atoms with Crippen LogP contribution in [0.15, 0.2) is 4.79 Å². The molecule has 1 heterocycles. The van der Waals surface area contributed by atoms with E-state index in [-0.39, 0.29) is 44.8 Å². The van der Waals surface area contributed by atoms with Crippen molar-refractivity contribution >= 4 is 34.8 Å². The van der Waals surface area contributed by atoms with Gasteiger partial charge in [0.05, 0.1) is 0 Å². The number of aromatic amines is 1. The normalized spacial score (nSPS) is 9.00. The van der Waals surface area contributed by atoms with Crippen LogP contribution in [-0.2, 0) is 0 Å². The maximum Gasteiger partial charge on any atom is 1.00 e. The second kappa shape index (κ2) is 4.75. The van der Waals surface area contributed by atoms with E-state index >= 15 is 0 Å². The number of rotatable bonds is 0. The Morgan fingerprint density at radius 3 is 2.27 bits per heavy atom. The molecule has 1 aromatic heterocycles. The van der Waals surface area contributed by atoms with E-state index in [1.807, 2.05) is 0 Å². The predicted octanol–water partition coefficient (Wildman–Crippen LogP) is -0.861. The minimum Gasteiger partial charge on any atom is -0.457 e. The Hall–Kier alpha value is 0.820. The average molecular weight is 220 g/mol. The molecule has 54 valence electrons. The Morgan fingerprint density at radius 1 is 1.27 bits per heavy atom. The Balaban J connectivity index is 0.000001000. The van der Waals surface area contributed by atoms with Gasteiger partial charge in [-0.2, -0.15) is 0 Å². The molecule has 0 aliphatic heterocycles. The molecule has 0 spiro atoms. The van der Waals surface area contributed by atoms with Gasteiger partial charge in [-0.05, 0) is 5.02 Å². The second-order valence-corrected chi connectivity index (χ2v) is 2.65. The van der Waals surface area contributed by atoms with E-state index < -0.39 is 5.43 Å². The number of pyridine rings is 1. The van der Waals surface area contributed by atoms with Crippen molar-refractivity contribution in [2.24, 2.45) is 0 Å². The summed E-state index contributed by atoms with van der Waals surface area (Å²) in [6.45, 7) is 0. The molecule has 0 atom stereocenters. The van der Waals surface area contributed by atoms with E-state index in [0.29, 0.717) is 0 Å². The Kier molecular flexibility index (Phi) is 5.10. The van der Waals surface area contributed by atoms with E-state index in [1.165, 1.54) is 0 Å². The zero-order valence-electron chi connectivity index (χ0n) is 5.54. The topological polar surface area (TPSA) is 32.9 Å². The van der Waals surface area contributed by atoms with E-state index in [0.717, 1.165) is 0 Å². The first-order valence-corrected chi connectivity index (χ1v) is 3.40. The largest absolute Gasteiger partial charge is 1.00 e. The number of hydrogen-bond acceptors (Lipinski definition) is 1. The van der Waals surface area contributed by atoms with Crippen LogP contribution in [0.3, 0.4) is 0 Å². The molecule has 0 aromatic carbocycles. The summed E-state index contributed by atoms with van der Waals surface area (Å²) < 4.78 is 0. The van der Waals surface area contributed by atoms with Crippen LogP contribution in [0.5, 0.6) is 0 Å². The number of hydrogen-bond donors (Lipinski definition) is 1. The first-order valence-electron chi connectivity index (χ1n) is 2.27. The van der Waals surface area contributed by atoms with Gasteiger partial charge in [-0.25, -0.2) is 0 Å². The van der Waals surface area contributed by atoms with Crippen molar-refractivity contribution in [3.63, 3.8) is 0 Å². The predicted molar refractivity (Wildman–Crippen MR) is 40.9 cm³/mol. The molecular formula is C5HCl3NNaO. The molecule has 11 heavy (non-hydrogen) atoms. The maximum atomic E-state index is 10.8. The van der Waals surface area contributed by atoms with Crippen molar-refractivity contribution < 1.29 is 29.6 Å². The fourth-order valence-corrected chi connectivity index (χ4v) is 0.882. The fraction of sp³-hybridized carbons (Fsp3) is 0. The quantitative estimate of drug-likeness (QED) is 0.344. The van der Waals surface area contributed by atoms with Crippen LogP contribution >= 0.6 is 34.8 Å². The molecule has 0 amide bonds. The van der Waals surface area contributed by atoms with Crippen molar-refractivity contribution in [1.29, 1.82) is 0 Å². The zero-order chi connectivity index (χ0) is 7.72. The second-order valence-electron chi connectivity index (χ2n) is 1.52.